The van der Waals surface area contributed by atoms with Crippen molar-refractivity contribution in [3.05, 3.63) is 35.6 Å². The molecule has 0 saturated carbocycles. The molecule has 1 aromatic rings. The lowest BCUT2D eigenvalue weighted by atomic mass is 10.1. The molecule has 0 amide bonds. The highest BCUT2D eigenvalue weighted by molar-refractivity contribution is 6.31. The fraction of sp³-hybridized carbons (Fsp3) is 0.125. The Labute approximate surface area is 74.3 Å². The topological polar surface area (TPSA) is 32.6 Å². The molecule has 0 spiro atoms. The number of rotatable bonds is 2. The van der Waals surface area contributed by atoms with Gasteiger partial charge in [-0.3, -0.25) is 0 Å². The van der Waals surface area contributed by atoms with Gasteiger partial charge in [-0.1, -0.05) is 23.4 Å². The summed E-state index contributed by atoms with van der Waals surface area (Å²) < 4.78 is 13.0. The number of hydrogen-bond acceptors (Lipinski definition) is 2. The Morgan fingerprint density at radius 3 is 2.67 bits per heavy atom. The normalized spacial score (nSPS) is 11.7. The van der Waals surface area contributed by atoms with Crippen LogP contribution in [-0.4, -0.2) is 16.8 Å². The average Bonchev–Trinajstić information content (AvgIpc) is 2.10. The van der Waals surface area contributed by atoms with E-state index in [1.165, 1.54) is 12.1 Å². The smallest absolute Gasteiger partial charge is 0.132 e. The minimum atomic E-state index is -0.439. The fourth-order valence-corrected chi connectivity index (χ4v) is 1.05. The quantitative estimate of drug-likeness (QED) is 0.328. The summed E-state index contributed by atoms with van der Waals surface area (Å²) in [6.45, 7) is 0. The Kier molecular flexibility index (Phi) is 3.05. The minimum Gasteiger partial charge on any atom is -0.411 e. The van der Waals surface area contributed by atoms with Crippen molar-refractivity contribution in [3.8, 4) is 0 Å². The highest BCUT2D eigenvalue weighted by atomic mass is 35.5. The Morgan fingerprint density at radius 2 is 2.17 bits per heavy atom. The first-order chi connectivity index (χ1) is 5.79. The van der Waals surface area contributed by atoms with Gasteiger partial charge in [-0.15, -0.1) is 11.6 Å². The van der Waals surface area contributed by atoms with Gasteiger partial charge in [-0.2, -0.15) is 0 Å². The van der Waals surface area contributed by atoms with Gasteiger partial charge in [0.15, 0.2) is 0 Å². The minimum absolute atomic E-state index is 0.0164. The molecular formula is C8H7ClFNO. The first kappa shape index (κ1) is 9.00. The van der Waals surface area contributed by atoms with E-state index in [1.54, 1.807) is 12.1 Å². The second-order valence-corrected chi connectivity index (χ2v) is 2.43. The molecule has 0 aromatic heterocycles. The van der Waals surface area contributed by atoms with Gasteiger partial charge in [-0.25, -0.2) is 4.39 Å². The first-order valence-electron chi connectivity index (χ1n) is 3.31. The number of oxime groups is 1. The van der Waals surface area contributed by atoms with E-state index in [1.807, 2.05) is 0 Å². The summed E-state index contributed by atoms with van der Waals surface area (Å²) in [5, 5.41) is 11.3. The molecule has 0 aliphatic heterocycles. The van der Waals surface area contributed by atoms with Crippen LogP contribution < -0.4 is 0 Å². The maximum absolute atomic E-state index is 13.0. The van der Waals surface area contributed by atoms with Crippen LogP contribution in [0.2, 0.25) is 0 Å². The lowest BCUT2D eigenvalue weighted by Gasteiger charge is -2.00. The molecule has 0 aliphatic carbocycles. The fourth-order valence-electron chi connectivity index (χ4n) is 0.848. The van der Waals surface area contributed by atoms with Gasteiger partial charge in [-0.05, 0) is 6.07 Å². The molecule has 0 unspecified atom stereocenters. The molecule has 0 heterocycles. The highest BCUT2D eigenvalue weighted by Gasteiger charge is 2.07. The number of halogens is 2. The van der Waals surface area contributed by atoms with Crippen molar-refractivity contribution in [2.45, 2.75) is 0 Å². The summed E-state index contributed by atoms with van der Waals surface area (Å²) in [6, 6.07) is 6.00. The lowest BCUT2D eigenvalue weighted by molar-refractivity contribution is 0.319. The SMILES string of the molecule is O/N=C(\CCl)c1ccccc1F. The van der Waals surface area contributed by atoms with Gasteiger partial charge in [0.1, 0.15) is 11.5 Å². The Hall–Kier alpha value is -1.09. The molecule has 1 rings (SSSR count). The van der Waals surface area contributed by atoms with Gasteiger partial charge >= 0.3 is 0 Å². The molecule has 12 heavy (non-hydrogen) atoms. The van der Waals surface area contributed by atoms with Crippen LogP contribution in [0.1, 0.15) is 5.56 Å². The zero-order valence-corrected chi connectivity index (χ0v) is 6.92. The van der Waals surface area contributed by atoms with Crippen LogP contribution in [0, 0.1) is 5.82 Å². The van der Waals surface area contributed by atoms with E-state index in [4.69, 9.17) is 16.8 Å². The molecule has 1 N–H and O–H groups in total. The Morgan fingerprint density at radius 1 is 1.50 bits per heavy atom. The number of nitrogens with zero attached hydrogens (tertiary/aromatic N) is 1. The molecule has 4 heteroatoms. The van der Waals surface area contributed by atoms with E-state index in [-0.39, 0.29) is 17.2 Å². The largest absolute Gasteiger partial charge is 0.411 e. The second-order valence-electron chi connectivity index (χ2n) is 2.16. The third-order valence-corrected chi connectivity index (χ3v) is 1.69. The third kappa shape index (κ3) is 1.74. The van der Waals surface area contributed by atoms with Gasteiger partial charge < -0.3 is 5.21 Å². The van der Waals surface area contributed by atoms with Crippen LogP contribution in [0.25, 0.3) is 0 Å². The molecule has 0 saturated heterocycles. The van der Waals surface area contributed by atoms with Crippen LogP contribution in [-0.2, 0) is 0 Å². The van der Waals surface area contributed by atoms with Crippen LogP contribution in [0.15, 0.2) is 29.4 Å². The maximum atomic E-state index is 13.0. The van der Waals surface area contributed by atoms with E-state index in [0.717, 1.165) is 0 Å². The summed E-state index contributed by atoms with van der Waals surface area (Å²) in [5.41, 5.74) is 0.366. The number of alkyl halides is 1. The zero-order chi connectivity index (χ0) is 8.97. The molecule has 0 bridgehead atoms. The average molecular weight is 188 g/mol. The van der Waals surface area contributed by atoms with Crippen molar-refractivity contribution >= 4 is 17.3 Å². The standard InChI is InChI=1S/C8H7ClFNO/c9-5-8(11-12)6-3-1-2-4-7(6)10/h1-4,12H,5H2/b11-8+. The number of hydrogen-bond donors (Lipinski definition) is 1. The zero-order valence-electron chi connectivity index (χ0n) is 6.17. The van der Waals surface area contributed by atoms with Crippen LogP contribution >= 0.6 is 11.6 Å². The van der Waals surface area contributed by atoms with E-state index in [9.17, 15) is 4.39 Å². The first-order valence-corrected chi connectivity index (χ1v) is 3.85. The summed E-state index contributed by atoms with van der Waals surface area (Å²) in [6.07, 6.45) is 0. The number of benzene rings is 1. The predicted octanol–water partition coefficient (Wildman–Crippen LogP) is 2.24. The van der Waals surface area contributed by atoms with Gasteiger partial charge in [0.05, 0.1) is 5.88 Å². The van der Waals surface area contributed by atoms with Crippen molar-refractivity contribution in [2.24, 2.45) is 5.16 Å². The van der Waals surface area contributed by atoms with Gasteiger partial charge in [0, 0.05) is 5.56 Å². The summed E-state index contributed by atoms with van der Waals surface area (Å²) in [5.74, 6) is -0.455. The van der Waals surface area contributed by atoms with E-state index in [2.05, 4.69) is 5.16 Å². The molecule has 64 valence electrons. The molecule has 1 aromatic carbocycles. The molecule has 2 nitrogen and oxygen atoms in total. The Balaban J connectivity index is 3.10. The lowest BCUT2D eigenvalue weighted by Crippen LogP contribution is -2.04. The van der Waals surface area contributed by atoms with E-state index < -0.39 is 5.82 Å². The summed E-state index contributed by atoms with van der Waals surface area (Å²) in [7, 11) is 0. The third-order valence-electron chi connectivity index (χ3n) is 1.43. The Bertz CT molecular complexity index is 301. The van der Waals surface area contributed by atoms with Gasteiger partial charge in [0.2, 0.25) is 0 Å². The maximum Gasteiger partial charge on any atom is 0.132 e. The van der Waals surface area contributed by atoms with Crippen molar-refractivity contribution in [1.82, 2.24) is 0 Å². The molecule has 0 fully saturated rings. The molecular weight excluding hydrogens is 181 g/mol. The molecule has 0 radical (unpaired) electrons. The molecule has 0 aliphatic rings. The van der Waals surface area contributed by atoms with Crippen molar-refractivity contribution < 1.29 is 9.60 Å². The summed E-state index contributed by atoms with van der Waals surface area (Å²) in [4.78, 5) is 0. The van der Waals surface area contributed by atoms with Crippen LogP contribution in [0.5, 0.6) is 0 Å². The second kappa shape index (κ2) is 4.07. The predicted molar refractivity (Wildman–Crippen MR) is 45.4 cm³/mol. The van der Waals surface area contributed by atoms with Crippen molar-refractivity contribution in [1.29, 1.82) is 0 Å². The van der Waals surface area contributed by atoms with E-state index in [0.29, 0.717) is 0 Å². The summed E-state index contributed by atoms with van der Waals surface area (Å²) >= 11 is 5.42. The monoisotopic (exact) mass is 187 g/mol. The van der Waals surface area contributed by atoms with Crippen molar-refractivity contribution in [2.75, 3.05) is 5.88 Å². The van der Waals surface area contributed by atoms with E-state index >= 15 is 0 Å². The molecule has 0 atom stereocenters. The van der Waals surface area contributed by atoms with Gasteiger partial charge in [0.25, 0.3) is 0 Å². The van der Waals surface area contributed by atoms with Crippen molar-refractivity contribution in [3.63, 3.8) is 0 Å². The van der Waals surface area contributed by atoms with Crippen LogP contribution in [0.4, 0.5) is 4.39 Å². The van der Waals surface area contributed by atoms with Crippen LogP contribution in [0.3, 0.4) is 0 Å². The highest BCUT2D eigenvalue weighted by Crippen LogP contribution is 2.08.